The summed E-state index contributed by atoms with van der Waals surface area (Å²) in [5.74, 6) is -1.48. The molecule has 4 unspecified atom stereocenters. The lowest BCUT2D eigenvalue weighted by Crippen LogP contribution is -2.42. The maximum atomic E-state index is 14.1. The number of imide groups is 1. The van der Waals surface area contributed by atoms with Gasteiger partial charge in [0.05, 0.1) is 34.3 Å². The first-order valence-electron chi connectivity index (χ1n) is 13.4. The summed E-state index contributed by atoms with van der Waals surface area (Å²) in [5.41, 5.74) is 0.752. The lowest BCUT2D eigenvalue weighted by atomic mass is 9.67. The molecule has 0 spiro atoms. The van der Waals surface area contributed by atoms with Crippen molar-refractivity contribution in [3.8, 4) is 6.07 Å². The standard InChI is InChI=1S/C33H28N2O3/c1-32-18-19-33(38-32,17-7-12-22-11-6-10-21-8-2-4-13-24(21)22)29-28(32)30(36)35(31(29)37)27-16-15-23-9-3-5-14-25(23)26(27)20-34/h2-6,8-11,13-16,28-29H,7,12,17-19H2,1H3. The monoisotopic (exact) mass is 500 g/mol. The van der Waals surface area contributed by atoms with E-state index in [0.717, 1.165) is 42.9 Å². The third kappa shape index (κ3) is 3.14. The molecule has 0 aliphatic carbocycles. The fourth-order valence-corrected chi connectivity index (χ4v) is 7.50. The summed E-state index contributed by atoms with van der Waals surface area (Å²) in [4.78, 5) is 29.3. The Kier molecular flexibility index (Phi) is 5.02. The number of nitrogens with zero attached hydrogens (tertiary/aromatic N) is 2. The van der Waals surface area contributed by atoms with E-state index in [1.807, 2.05) is 37.3 Å². The zero-order chi connectivity index (χ0) is 26.1. The van der Waals surface area contributed by atoms with Crippen molar-refractivity contribution in [3.05, 3.63) is 90.0 Å². The molecule has 0 saturated carbocycles. The van der Waals surface area contributed by atoms with Crippen LogP contribution in [0.25, 0.3) is 21.5 Å². The molecule has 5 heteroatoms. The smallest absolute Gasteiger partial charge is 0.240 e. The summed E-state index contributed by atoms with van der Waals surface area (Å²) >= 11 is 0. The van der Waals surface area contributed by atoms with Gasteiger partial charge in [0.1, 0.15) is 6.07 Å². The van der Waals surface area contributed by atoms with Crippen molar-refractivity contribution in [2.24, 2.45) is 11.8 Å². The molecule has 3 fully saturated rings. The molecule has 38 heavy (non-hydrogen) atoms. The average Bonchev–Trinajstić information content (AvgIpc) is 3.52. The fourth-order valence-electron chi connectivity index (χ4n) is 7.50. The lowest BCUT2D eigenvalue weighted by molar-refractivity contribution is -0.130. The summed E-state index contributed by atoms with van der Waals surface area (Å²) in [7, 11) is 0. The molecule has 2 amide bonds. The number of rotatable bonds is 5. The Bertz CT molecular complexity index is 1680. The minimum Gasteiger partial charge on any atom is -0.367 e. The van der Waals surface area contributed by atoms with E-state index in [1.165, 1.54) is 21.2 Å². The quantitative estimate of drug-likeness (QED) is 0.301. The van der Waals surface area contributed by atoms with Gasteiger partial charge in [0.2, 0.25) is 11.8 Å². The number of hydrogen-bond donors (Lipinski definition) is 0. The Labute approximate surface area is 221 Å². The highest BCUT2D eigenvalue weighted by Gasteiger charge is 2.73. The topological polar surface area (TPSA) is 70.4 Å². The Morgan fingerprint density at radius 1 is 0.868 bits per heavy atom. The summed E-state index contributed by atoms with van der Waals surface area (Å²) in [6.07, 6.45) is 4.01. The summed E-state index contributed by atoms with van der Waals surface area (Å²) < 4.78 is 6.66. The molecule has 4 atom stereocenters. The predicted octanol–water partition coefficient (Wildman–Crippen LogP) is 6.31. The van der Waals surface area contributed by atoms with Gasteiger partial charge in [0.15, 0.2) is 0 Å². The minimum absolute atomic E-state index is 0.222. The van der Waals surface area contributed by atoms with E-state index in [2.05, 4.69) is 48.5 Å². The number of hydrogen-bond acceptors (Lipinski definition) is 4. The van der Waals surface area contributed by atoms with Crippen molar-refractivity contribution < 1.29 is 14.3 Å². The SMILES string of the molecule is CC12CCC(CCCc3cccc4ccccc34)(O1)C1C(=O)N(c3ccc4ccccc4c3C#N)C(=O)C12. The van der Waals surface area contributed by atoms with Gasteiger partial charge < -0.3 is 4.74 Å². The molecule has 5 nitrogen and oxygen atoms in total. The van der Waals surface area contributed by atoms with Gasteiger partial charge in [-0.25, -0.2) is 4.90 Å². The number of amides is 2. The predicted molar refractivity (Wildman–Crippen MR) is 146 cm³/mol. The number of fused-ring (bicyclic) bond motifs is 7. The van der Waals surface area contributed by atoms with Crippen LogP contribution in [0.5, 0.6) is 0 Å². The second kappa shape index (κ2) is 8.24. The van der Waals surface area contributed by atoms with Crippen LogP contribution in [-0.4, -0.2) is 23.0 Å². The van der Waals surface area contributed by atoms with Gasteiger partial charge in [-0.2, -0.15) is 5.26 Å². The molecule has 188 valence electrons. The Morgan fingerprint density at radius 2 is 1.55 bits per heavy atom. The summed E-state index contributed by atoms with van der Waals surface area (Å²) in [6.45, 7) is 1.99. The van der Waals surface area contributed by atoms with Gasteiger partial charge in [-0.15, -0.1) is 0 Å². The van der Waals surface area contributed by atoms with Crippen LogP contribution < -0.4 is 4.90 Å². The molecule has 3 saturated heterocycles. The van der Waals surface area contributed by atoms with Crippen LogP contribution in [0.15, 0.2) is 78.9 Å². The highest BCUT2D eigenvalue weighted by molar-refractivity contribution is 6.24. The molecule has 4 aromatic rings. The number of benzene rings is 4. The van der Waals surface area contributed by atoms with E-state index in [0.29, 0.717) is 11.3 Å². The van der Waals surface area contributed by atoms with Crippen molar-refractivity contribution in [1.29, 1.82) is 5.26 Å². The van der Waals surface area contributed by atoms with Crippen molar-refractivity contribution in [2.45, 2.75) is 50.2 Å². The van der Waals surface area contributed by atoms with E-state index < -0.39 is 23.0 Å². The minimum atomic E-state index is -0.657. The molecule has 2 bridgehead atoms. The molecule has 0 N–H and O–H groups in total. The Morgan fingerprint density at radius 3 is 2.34 bits per heavy atom. The molecule has 7 rings (SSSR count). The normalized spacial score (nSPS) is 27.8. The number of aryl methyl sites for hydroxylation is 1. The average molecular weight is 501 g/mol. The van der Waals surface area contributed by atoms with Crippen molar-refractivity contribution in [2.75, 3.05) is 4.90 Å². The van der Waals surface area contributed by atoms with Crippen molar-refractivity contribution in [1.82, 2.24) is 0 Å². The Hall–Kier alpha value is -4.01. The largest absolute Gasteiger partial charge is 0.367 e. The number of ether oxygens (including phenoxy) is 1. The first kappa shape index (κ1) is 23.1. The zero-order valence-corrected chi connectivity index (χ0v) is 21.3. The lowest BCUT2D eigenvalue weighted by Gasteiger charge is -2.31. The fraction of sp³-hybridized carbons (Fsp3) is 0.303. The third-order valence-corrected chi connectivity index (χ3v) is 9.20. The number of carbonyl (C=O) groups is 2. The van der Waals surface area contributed by atoms with Crippen LogP contribution in [0.4, 0.5) is 5.69 Å². The van der Waals surface area contributed by atoms with Gasteiger partial charge >= 0.3 is 0 Å². The van der Waals surface area contributed by atoms with Gasteiger partial charge in [-0.1, -0.05) is 72.8 Å². The van der Waals surface area contributed by atoms with Gasteiger partial charge in [0.25, 0.3) is 0 Å². The van der Waals surface area contributed by atoms with E-state index in [-0.39, 0.29) is 11.8 Å². The van der Waals surface area contributed by atoms with Crippen LogP contribution in [-0.2, 0) is 20.7 Å². The second-order valence-electron chi connectivity index (χ2n) is 11.2. The molecule has 3 aliphatic heterocycles. The van der Waals surface area contributed by atoms with Crippen LogP contribution in [0.3, 0.4) is 0 Å². The van der Waals surface area contributed by atoms with Crippen LogP contribution >= 0.6 is 0 Å². The molecule has 0 aromatic heterocycles. The maximum absolute atomic E-state index is 14.1. The molecule has 3 aliphatic rings. The van der Waals surface area contributed by atoms with E-state index in [4.69, 9.17) is 4.74 Å². The van der Waals surface area contributed by atoms with E-state index in [9.17, 15) is 14.9 Å². The van der Waals surface area contributed by atoms with Crippen molar-refractivity contribution >= 4 is 39.0 Å². The highest BCUT2D eigenvalue weighted by atomic mass is 16.5. The van der Waals surface area contributed by atoms with Gasteiger partial charge in [-0.05, 0) is 66.8 Å². The number of anilines is 1. The van der Waals surface area contributed by atoms with E-state index in [1.54, 1.807) is 6.07 Å². The second-order valence-corrected chi connectivity index (χ2v) is 11.2. The molecule has 4 aromatic carbocycles. The Balaban J connectivity index is 1.21. The molecular formula is C33H28N2O3. The summed E-state index contributed by atoms with van der Waals surface area (Å²) in [5, 5.41) is 14.2. The molecular weight excluding hydrogens is 472 g/mol. The summed E-state index contributed by atoms with van der Waals surface area (Å²) in [6, 6.07) is 28.3. The first-order chi connectivity index (χ1) is 18.5. The molecule has 0 radical (unpaired) electrons. The van der Waals surface area contributed by atoms with Crippen LogP contribution in [0.1, 0.15) is 43.7 Å². The van der Waals surface area contributed by atoms with Crippen molar-refractivity contribution in [3.63, 3.8) is 0 Å². The molecule has 3 heterocycles. The number of carbonyl (C=O) groups excluding carboxylic acids is 2. The first-order valence-corrected chi connectivity index (χ1v) is 13.4. The third-order valence-electron chi connectivity index (χ3n) is 9.20. The zero-order valence-electron chi connectivity index (χ0n) is 21.3. The van der Waals surface area contributed by atoms with Gasteiger partial charge in [0, 0.05) is 5.39 Å². The van der Waals surface area contributed by atoms with Gasteiger partial charge in [-0.3, -0.25) is 9.59 Å². The maximum Gasteiger partial charge on any atom is 0.240 e. The number of nitriles is 1. The van der Waals surface area contributed by atoms with E-state index >= 15 is 0 Å². The van der Waals surface area contributed by atoms with Crippen LogP contribution in [0.2, 0.25) is 0 Å². The van der Waals surface area contributed by atoms with Crippen LogP contribution in [0, 0.1) is 23.2 Å². The highest BCUT2D eigenvalue weighted by Crippen LogP contribution is 2.62.